The van der Waals surface area contributed by atoms with Gasteiger partial charge in [-0.25, -0.2) is 9.78 Å². The Balaban J connectivity index is 0.000000160. The maximum absolute atomic E-state index is 9.87. The van der Waals surface area contributed by atoms with E-state index in [0.717, 1.165) is 19.3 Å². The third-order valence-electron chi connectivity index (χ3n) is 4.20. The highest BCUT2D eigenvalue weighted by Gasteiger charge is 2.45. The van der Waals surface area contributed by atoms with E-state index in [1.807, 2.05) is 32.0 Å². The van der Waals surface area contributed by atoms with E-state index in [0.29, 0.717) is 5.92 Å². The van der Waals surface area contributed by atoms with Crippen molar-refractivity contribution in [1.29, 1.82) is 0 Å². The second kappa shape index (κ2) is 6.94. The molecule has 1 aliphatic heterocycles. The molecule has 3 nitrogen and oxygen atoms in total. The summed E-state index contributed by atoms with van der Waals surface area (Å²) >= 11 is 1.77. The third-order valence-corrected chi connectivity index (χ3v) is 4.94. The summed E-state index contributed by atoms with van der Waals surface area (Å²) in [7, 11) is 0. The lowest BCUT2D eigenvalue weighted by molar-refractivity contribution is -0.413. The van der Waals surface area contributed by atoms with Crippen molar-refractivity contribution in [2.24, 2.45) is 5.92 Å². The Bertz CT molecular complexity index is 407. The van der Waals surface area contributed by atoms with Crippen LogP contribution >= 0.6 is 11.8 Å². The van der Waals surface area contributed by atoms with E-state index in [-0.39, 0.29) is 12.2 Å². The molecule has 1 heterocycles. The van der Waals surface area contributed by atoms with Gasteiger partial charge in [0.2, 0.25) is 0 Å². The van der Waals surface area contributed by atoms with Crippen molar-refractivity contribution in [3.8, 4) is 0 Å². The van der Waals surface area contributed by atoms with Crippen LogP contribution in [-0.2, 0) is 9.78 Å². The van der Waals surface area contributed by atoms with Gasteiger partial charge in [-0.3, -0.25) is 0 Å². The molecule has 2 fully saturated rings. The van der Waals surface area contributed by atoms with Crippen LogP contribution in [0.4, 0.5) is 0 Å². The number of thioether (sulfide) groups is 1. The summed E-state index contributed by atoms with van der Waals surface area (Å²) < 4.78 is 0. The minimum absolute atomic E-state index is 0.118. The zero-order chi connectivity index (χ0) is 14.6. The largest absolute Gasteiger partial charge is 0.387 e. The van der Waals surface area contributed by atoms with E-state index >= 15 is 0 Å². The van der Waals surface area contributed by atoms with Gasteiger partial charge in [-0.15, -0.1) is 11.8 Å². The number of benzene rings is 1. The fraction of sp³-hybridized carbons (Fsp3) is 0.625. The summed E-state index contributed by atoms with van der Waals surface area (Å²) in [6.45, 7) is 3.86. The first-order valence-electron chi connectivity index (χ1n) is 7.16. The minimum atomic E-state index is -0.684. The summed E-state index contributed by atoms with van der Waals surface area (Å²) in [5, 5.41) is 9.87. The Labute approximate surface area is 125 Å². The summed E-state index contributed by atoms with van der Waals surface area (Å²) in [5.74, 6) is 0.573. The molecule has 0 radical (unpaired) electrons. The van der Waals surface area contributed by atoms with Crippen LogP contribution in [0.3, 0.4) is 0 Å². The molecule has 0 amide bonds. The van der Waals surface area contributed by atoms with Crippen molar-refractivity contribution >= 4 is 11.8 Å². The standard InChI is InChI=1S/C9H16O3.C7H8S/c1-6-7-3-4-9(2,10)8(5-7)12-11-6;1-8-7-5-3-2-4-6-7/h6-8,10H,3-5H2,1-2H3;2-6H,1H3. The minimum Gasteiger partial charge on any atom is -0.387 e. The van der Waals surface area contributed by atoms with Crippen molar-refractivity contribution in [3.63, 3.8) is 0 Å². The molecule has 1 saturated heterocycles. The number of fused-ring (bicyclic) bond motifs is 2. The number of hydrogen-bond donors (Lipinski definition) is 1. The van der Waals surface area contributed by atoms with E-state index in [9.17, 15) is 5.11 Å². The van der Waals surface area contributed by atoms with Gasteiger partial charge in [-0.05, 0) is 57.4 Å². The fourth-order valence-corrected chi connectivity index (χ4v) is 3.07. The Morgan fingerprint density at radius 2 is 1.95 bits per heavy atom. The van der Waals surface area contributed by atoms with Crippen LogP contribution in [0.1, 0.15) is 33.1 Å². The SMILES string of the molecule is CC1OOC2CC1CCC2(C)O.CSc1ccccc1. The van der Waals surface area contributed by atoms with Crippen LogP contribution in [0.15, 0.2) is 35.2 Å². The van der Waals surface area contributed by atoms with Gasteiger partial charge in [0.05, 0.1) is 11.7 Å². The zero-order valence-corrected chi connectivity index (χ0v) is 13.2. The van der Waals surface area contributed by atoms with Gasteiger partial charge in [0.1, 0.15) is 6.10 Å². The van der Waals surface area contributed by atoms with Crippen LogP contribution in [0, 0.1) is 5.92 Å². The van der Waals surface area contributed by atoms with E-state index in [1.54, 1.807) is 11.8 Å². The molecular weight excluding hydrogens is 272 g/mol. The predicted octanol–water partition coefficient (Wildman–Crippen LogP) is 3.66. The van der Waals surface area contributed by atoms with Gasteiger partial charge in [0.15, 0.2) is 0 Å². The molecule has 0 aromatic heterocycles. The van der Waals surface area contributed by atoms with Crippen molar-refractivity contribution in [3.05, 3.63) is 30.3 Å². The molecular formula is C16H24O3S. The number of rotatable bonds is 1. The highest BCUT2D eigenvalue weighted by atomic mass is 32.2. The molecule has 2 aliphatic rings. The lowest BCUT2D eigenvalue weighted by Crippen LogP contribution is -2.51. The lowest BCUT2D eigenvalue weighted by atomic mass is 9.75. The summed E-state index contributed by atoms with van der Waals surface area (Å²) in [5.41, 5.74) is -0.684. The van der Waals surface area contributed by atoms with E-state index in [4.69, 9.17) is 9.78 Å². The van der Waals surface area contributed by atoms with Crippen LogP contribution in [0.5, 0.6) is 0 Å². The molecule has 1 N–H and O–H groups in total. The molecule has 1 saturated carbocycles. The van der Waals surface area contributed by atoms with Crippen LogP contribution in [0.25, 0.3) is 0 Å². The van der Waals surface area contributed by atoms with Gasteiger partial charge >= 0.3 is 0 Å². The van der Waals surface area contributed by atoms with Crippen LogP contribution in [0.2, 0.25) is 0 Å². The predicted molar refractivity (Wildman–Crippen MR) is 81.6 cm³/mol. The lowest BCUT2D eigenvalue weighted by Gasteiger charge is -2.45. The van der Waals surface area contributed by atoms with Crippen LogP contribution in [-0.4, -0.2) is 29.2 Å². The highest BCUT2D eigenvalue weighted by Crippen LogP contribution is 2.39. The third kappa shape index (κ3) is 3.98. The first-order valence-corrected chi connectivity index (χ1v) is 8.39. The normalized spacial score (nSPS) is 35.9. The molecule has 1 aliphatic carbocycles. The van der Waals surface area contributed by atoms with Gasteiger partial charge in [-0.2, -0.15) is 0 Å². The van der Waals surface area contributed by atoms with E-state index < -0.39 is 5.60 Å². The van der Waals surface area contributed by atoms with Crippen LogP contribution < -0.4 is 0 Å². The highest BCUT2D eigenvalue weighted by molar-refractivity contribution is 7.98. The van der Waals surface area contributed by atoms with Gasteiger partial charge in [-0.1, -0.05) is 18.2 Å². The van der Waals surface area contributed by atoms with Crippen molar-refractivity contribution in [2.75, 3.05) is 6.26 Å². The molecule has 1 aromatic carbocycles. The Morgan fingerprint density at radius 1 is 1.25 bits per heavy atom. The van der Waals surface area contributed by atoms with Crippen molar-refractivity contribution in [1.82, 2.24) is 0 Å². The van der Waals surface area contributed by atoms with Gasteiger partial charge in [0.25, 0.3) is 0 Å². The average Bonchev–Trinajstić information content (AvgIpc) is 2.47. The molecule has 0 spiro atoms. The first kappa shape index (κ1) is 15.8. The summed E-state index contributed by atoms with van der Waals surface area (Å²) in [6.07, 6.45) is 4.97. The molecule has 2 bridgehead atoms. The molecule has 4 unspecified atom stereocenters. The molecule has 3 rings (SSSR count). The smallest absolute Gasteiger partial charge is 0.122 e. The zero-order valence-electron chi connectivity index (χ0n) is 12.4. The van der Waals surface area contributed by atoms with E-state index in [2.05, 4.69) is 18.4 Å². The van der Waals surface area contributed by atoms with E-state index in [1.165, 1.54) is 4.90 Å². The first-order chi connectivity index (χ1) is 9.53. The summed E-state index contributed by atoms with van der Waals surface area (Å²) in [6, 6.07) is 10.3. The monoisotopic (exact) mass is 296 g/mol. The van der Waals surface area contributed by atoms with Gasteiger partial charge < -0.3 is 5.11 Å². The Hall–Kier alpha value is -0.550. The fourth-order valence-electron chi connectivity index (χ4n) is 2.64. The second-order valence-electron chi connectivity index (χ2n) is 5.80. The molecule has 4 heteroatoms. The Morgan fingerprint density at radius 3 is 2.55 bits per heavy atom. The number of hydrogen-bond acceptors (Lipinski definition) is 4. The quantitative estimate of drug-likeness (QED) is 0.634. The molecule has 20 heavy (non-hydrogen) atoms. The summed E-state index contributed by atoms with van der Waals surface area (Å²) in [4.78, 5) is 11.6. The topological polar surface area (TPSA) is 38.7 Å². The van der Waals surface area contributed by atoms with Gasteiger partial charge in [0, 0.05) is 4.90 Å². The average molecular weight is 296 g/mol. The van der Waals surface area contributed by atoms with Crippen molar-refractivity contribution < 1.29 is 14.9 Å². The second-order valence-corrected chi connectivity index (χ2v) is 6.67. The molecule has 4 atom stereocenters. The maximum atomic E-state index is 9.87. The molecule has 1 aromatic rings. The van der Waals surface area contributed by atoms with Crippen molar-refractivity contribution in [2.45, 2.75) is 55.8 Å². The maximum Gasteiger partial charge on any atom is 0.122 e. The molecule has 112 valence electrons. The Kier molecular flexibility index (Phi) is 5.49. The number of aliphatic hydroxyl groups is 1.